The zero-order valence-electron chi connectivity index (χ0n) is 18.2. The average molecular weight is 531 g/mol. The summed E-state index contributed by atoms with van der Waals surface area (Å²) in [6.07, 6.45) is 4.98. The second kappa shape index (κ2) is 13.8. The molecule has 29 heavy (non-hydrogen) atoms. The quantitative estimate of drug-likeness (QED) is 0.159. The number of nitrogens with zero attached hydrogens (tertiary/aromatic N) is 4. The molecule has 1 aromatic heterocycles. The Labute approximate surface area is 196 Å². The number of aromatic nitrogens is 3. The summed E-state index contributed by atoms with van der Waals surface area (Å²) in [7, 11) is 1.81. The van der Waals surface area contributed by atoms with Crippen molar-refractivity contribution in [1.82, 2.24) is 25.4 Å². The van der Waals surface area contributed by atoms with Crippen LogP contribution in [0.1, 0.15) is 44.1 Å². The Balaban J connectivity index is 0.00000420. The third kappa shape index (κ3) is 8.16. The number of halogens is 1. The summed E-state index contributed by atoms with van der Waals surface area (Å²) in [5, 5.41) is 16.5. The summed E-state index contributed by atoms with van der Waals surface area (Å²) in [4.78, 5) is 4.34. The lowest BCUT2D eigenvalue weighted by Crippen LogP contribution is -2.37. The van der Waals surface area contributed by atoms with Crippen molar-refractivity contribution in [3.05, 3.63) is 41.2 Å². The zero-order chi connectivity index (χ0) is 20.4. The molecule has 0 aliphatic carbocycles. The first-order valence-corrected chi connectivity index (χ1v) is 11.3. The highest BCUT2D eigenvalue weighted by Gasteiger charge is 2.12. The van der Waals surface area contributed by atoms with Crippen molar-refractivity contribution in [2.24, 2.45) is 10.9 Å². The monoisotopic (exact) mass is 530 g/mol. The molecule has 0 unspecified atom stereocenters. The summed E-state index contributed by atoms with van der Waals surface area (Å²) >= 11 is 1.66. The number of hydrogen-bond acceptors (Lipinski definition) is 4. The van der Waals surface area contributed by atoms with E-state index in [0.717, 1.165) is 55.8 Å². The Morgan fingerprint density at radius 3 is 2.52 bits per heavy atom. The molecule has 0 radical (unpaired) electrons. The van der Waals surface area contributed by atoms with E-state index in [9.17, 15) is 0 Å². The third-order valence-corrected chi connectivity index (χ3v) is 5.23. The van der Waals surface area contributed by atoms with E-state index in [2.05, 4.69) is 81.7 Å². The lowest BCUT2D eigenvalue weighted by Gasteiger charge is -2.14. The molecule has 0 aliphatic heterocycles. The number of hydrogen-bond donors (Lipinski definition) is 2. The van der Waals surface area contributed by atoms with Gasteiger partial charge in [0, 0.05) is 33.1 Å². The minimum Gasteiger partial charge on any atom is -0.356 e. The first-order valence-electron chi connectivity index (χ1n) is 10.1. The van der Waals surface area contributed by atoms with E-state index in [1.54, 1.807) is 11.8 Å². The van der Waals surface area contributed by atoms with E-state index in [1.165, 1.54) is 11.1 Å². The molecule has 2 aromatic rings. The van der Waals surface area contributed by atoms with Crippen LogP contribution in [0.4, 0.5) is 0 Å². The van der Waals surface area contributed by atoms with Gasteiger partial charge in [0.1, 0.15) is 5.82 Å². The Morgan fingerprint density at radius 2 is 1.90 bits per heavy atom. The second-order valence-corrected chi connectivity index (χ2v) is 7.96. The lowest BCUT2D eigenvalue weighted by atomic mass is 10.1. The Bertz CT molecular complexity index is 759. The first kappa shape index (κ1) is 25.7. The van der Waals surface area contributed by atoms with Gasteiger partial charge >= 0.3 is 0 Å². The molecule has 0 fully saturated rings. The Hall–Kier alpha value is -1.29. The van der Waals surface area contributed by atoms with Crippen LogP contribution in [0, 0.1) is 5.92 Å². The zero-order valence-corrected chi connectivity index (χ0v) is 21.4. The number of benzene rings is 1. The average Bonchev–Trinajstić information content (AvgIpc) is 3.08. The van der Waals surface area contributed by atoms with Crippen LogP contribution in [0.25, 0.3) is 0 Å². The van der Waals surface area contributed by atoms with Crippen molar-refractivity contribution in [3.63, 3.8) is 0 Å². The molecule has 0 spiro atoms. The largest absolute Gasteiger partial charge is 0.356 e. The van der Waals surface area contributed by atoms with Crippen LogP contribution in [0.3, 0.4) is 0 Å². The Kier molecular flexibility index (Phi) is 12.3. The lowest BCUT2D eigenvalue weighted by molar-refractivity contribution is 0.477. The Morgan fingerprint density at radius 1 is 1.17 bits per heavy atom. The molecule has 1 aromatic carbocycles. The summed E-state index contributed by atoms with van der Waals surface area (Å²) in [6.45, 7) is 9.23. The highest BCUT2D eigenvalue weighted by Crippen LogP contribution is 2.16. The molecule has 6 nitrogen and oxygen atoms in total. The molecule has 0 saturated carbocycles. The number of guanidine groups is 1. The van der Waals surface area contributed by atoms with Crippen molar-refractivity contribution in [2.45, 2.75) is 58.3 Å². The number of aliphatic imine (C=N–C) groups is 1. The van der Waals surface area contributed by atoms with Gasteiger partial charge < -0.3 is 15.2 Å². The molecule has 8 heteroatoms. The molecule has 2 rings (SSSR count). The summed E-state index contributed by atoms with van der Waals surface area (Å²) in [6, 6.07) is 8.53. The maximum absolute atomic E-state index is 4.39. The van der Waals surface area contributed by atoms with Crippen molar-refractivity contribution < 1.29 is 0 Å². The fourth-order valence-corrected chi connectivity index (χ4v) is 3.65. The van der Waals surface area contributed by atoms with Gasteiger partial charge in [-0.2, -0.15) is 0 Å². The third-order valence-electron chi connectivity index (χ3n) is 4.56. The van der Waals surface area contributed by atoms with E-state index in [-0.39, 0.29) is 24.0 Å². The van der Waals surface area contributed by atoms with Crippen LogP contribution in [-0.4, -0.2) is 40.6 Å². The van der Waals surface area contributed by atoms with E-state index >= 15 is 0 Å². The molecule has 162 valence electrons. The summed E-state index contributed by atoms with van der Waals surface area (Å²) < 4.78 is 2.25. The van der Waals surface area contributed by atoms with Crippen molar-refractivity contribution in [3.8, 4) is 0 Å². The molecule has 1 heterocycles. The van der Waals surface area contributed by atoms with Crippen molar-refractivity contribution >= 4 is 41.7 Å². The van der Waals surface area contributed by atoms with Gasteiger partial charge in [-0.15, -0.1) is 34.2 Å². The fourth-order valence-electron chi connectivity index (χ4n) is 3.13. The summed E-state index contributed by atoms with van der Waals surface area (Å²) in [5.41, 5.74) is 2.69. The van der Waals surface area contributed by atoms with Crippen molar-refractivity contribution in [2.75, 3.05) is 19.8 Å². The number of thioether (sulfide) groups is 1. The second-order valence-electron chi connectivity index (χ2n) is 7.19. The fraction of sp³-hybridized carbons (Fsp3) is 0.571. The highest BCUT2D eigenvalue weighted by atomic mass is 127. The van der Waals surface area contributed by atoms with Crippen LogP contribution in [0.15, 0.2) is 34.4 Å². The molecule has 0 amide bonds. The van der Waals surface area contributed by atoms with Crippen LogP contribution in [0.5, 0.6) is 0 Å². The van der Waals surface area contributed by atoms with Crippen molar-refractivity contribution in [1.29, 1.82) is 0 Å². The molecule has 2 N–H and O–H groups in total. The maximum atomic E-state index is 4.39. The molecule has 0 bridgehead atoms. The minimum atomic E-state index is 0. The molecular weight excluding hydrogens is 495 g/mol. The number of rotatable bonds is 10. The van der Waals surface area contributed by atoms with Gasteiger partial charge in [0.05, 0.1) is 0 Å². The van der Waals surface area contributed by atoms with Crippen LogP contribution >= 0.6 is 35.7 Å². The first-order chi connectivity index (χ1) is 13.6. The normalized spacial score (nSPS) is 11.4. The SMILES string of the molecule is CCc1ccccc1CNC(=NC)NCCCc1nnc(SC)n1CC(C)C.I. The standard InChI is InChI=1S/C21H34N6S.HI/c1-6-17-10-7-8-11-18(17)14-24-20(22-4)23-13-9-12-19-25-26-21(28-5)27(19)15-16(2)3;/h7-8,10-11,16H,6,9,12-15H2,1-5H3,(H2,22,23,24);1H. The van der Waals surface area contributed by atoms with Crippen LogP contribution < -0.4 is 10.6 Å². The van der Waals surface area contributed by atoms with Gasteiger partial charge in [-0.1, -0.05) is 56.8 Å². The van der Waals surface area contributed by atoms with Crippen LogP contribution in [-0.2, 0) is 25.9 Å². The maximum Gasteiger partial charge on any atom is 0.191 e. The van der Waals surface area contributed by atoms with Crippen LogP contribution in [0.2, 0.25) is 0 Å². The van der Waals surface area contributed by atoms with E-state index in [4.69, 9.17) is 0 Å². The van der Waals surface area contributed by atoms with E-state index in [1.807, 2.05) is 7.05 Å². The molecule has 0 atom stereocenters. The van der Waals surface area contributed by atoms with Gasteiger partial charge in [0.25, 0.3) is 0 Å². The number of aryl methyl sites for hydroxylation is 2. The van der Waals surface area contributed by atoms with E-state index in [0.29, 0.717) is 5.92 Å². The topological polar surface area (TPSA) is 67.1 Å². The highest BCUT2D eigenvalue weighted by molar-refractivity contribution is 14.0. The summed E-state index contributed by atoms with van der Waals surface area (Å²) in [5.74, 6) is 2.48. The van der Waals surface area contributed by atoms with Gasteiger partial charge in [0.15, 0.2) is 11.1 Å². The predicted octanol–water partition coefficient (Wildman–Crippen LogP) is 4.13. The molecule has 0 saturated heterocycles. The van der Waals surface area contributed by atoms with Gasteiger partial charge in [-0.25, -0.2) is 0 Å². The predicted molar refractivity (Wildman–Crippen MR) is 134 cm³/mol. The van der Waals surface area contributed by atoms with Gasteiger partial charge in [0.2, 0.25) is 0 Å². The van der Waals surface area contributed by atoms with Gasteiger partial charge in [-0.05, 0) is 36.1 Å². The smallest absolute Gasteiger partial charge is 0.191 e. The molecular formula is C21H35IN6S. The minimum absolute atomic E-state index is 0. The molecule has 0 aliphatic rings. The van der Waals surface area contributed by atoms with Gasteiger partial charge in [-0.3, -0.25) is 4.99 Å². The van der Waals surface area contributed by atoms with E-state index < -0.39 is 0 Å². The number of nitrogens with one attached hydrogen (secondary N) is 2.